The van der Waals surface area contributed by atoms with Gasteiger partial charge in [0, 0.05) is 44.0 Å². The van der Waals surface area contributed by atoms with Gasteiger partial charge < -0.3 is 19.9 Å². The Balaban J connectivity index is 2.02. The molecule has 0 aromatic carbocycles. The van der Waals surface area contributed by atoms with Crippen molar-refractivity contribution in [3.05, 3.63) is 4.91 Å². The fraction of sp³-hybridized carbons (Fsp3) is 0.875. The molecule has 1 aliphatic heterocycles. The average Bonchev–Trinajstić information content (AvgIpc) is 2.67. The van der Waals surface area contributed by atoms with Crippen molar-refractivity contribution in [1.29, 1.82) is 0 Å². The first-order valence-corrected chi connectivity index (χ1v) is 9.33. The molecule has 1 saturated heterocycles. The number of unbranched alkanes of at least 4 members (excludes halogenated alkanes) is 3. The van der Waals surface area contributed by atoms with Gasteiger partial charge in [-0.25, -0.2) is 0 Å². The number of amides is 2. The van der Waals surface area contributed by atoms with Gasteiger partial charge in [0.05, 0.1) is 25.4 Å². The van der Waals surface area contributed by atoms with Crippen LogP contribution >= 0.6 is 11.8 Å². The zero-order chi connectivity index (χ0) is 19.2. The fourth-order valence-corrected chi connectivity index (χ4v) is 2.79. The lowest BCUT2D eigenvalue weighted by atomic mass is 10.0. The van der Waals surface area contributed by atoms with E-state index in [1.807, 2.05) is 0 Å². The van der Waals surface area contributed by atoms with Gasteiger partial charge in [-0.1, -0.05) is 18.0 Å². The summed E-state index contributed by atoms with van der Waals surface area (Å²) < 4.78 is 11.0. The Kier molecular flexibility index (Phi) is 12.1. The van der Waals surface area contributed by atoms with Crippen LogP contribution in [0.2, 0.25) is 0 Å². The zero-order valence-electron chi connectivity index (χ0n) is 14.8. The molecule has 2 amide bonds. The van der Waals surface area contributed by atoms with Crippen LogP contribution in [0, 0.1) is 4.91 Å². The molecule has 0 spiro atoms. The number of aliphatic hydroxyl groups is 1. The van der Waals surface area contributed by atoms with Gasteiger partial charge in [-0.3, -0.25) is 14.4 Å². The molecule has 1 heterocycles. The van der Waals surface area contributed by atoms with E-state index in [1.165, 1.54) is 0 Å². The van der Waals surface area contributed by atoms with Gasteiger partial charge in [0.1, 0.15) is 0 Å². The summed E-state index contributed by atoms with van der Waals surface area (Å²) in [6, 6.07) is -0.420. The second-order valence-corrected chi connectivity index (χ2v) is 6.44. The van der Waals surface area contributed by atoms with Crippen molar-refractivity contribution < 1.29 is 24.2 Å². The van der Waals surface area contributed by atoms with Crippen LogP contribution in [0.3, 0.4) is 0 Å². The smallest absolute Gasteiger partial charge is 0.234 e. The SMILES string of the molecule is O=NC1CC(CO)OC(OCCNC(=O)CCCCCCC(=O)NCl)C1. The molecule has 26 heavy (non-hydrogen) atoms. The summed E-state index contributed by atoms with van der Waals surface area (Å²) in [5.41, 5.74) is 0. The number of hydrogen-bond acceptors (Lipinski definition) is 7. The molecule has 1 aliphatic rings. The molecule has 9 nitrogen and oxygen atoms in total. The molecule has 0 aromatic rings. The lowest BCUT2D eigenvalue weighted by Gasteiger charge is -2.31. The van der Waals surface area contributed by atoms with Gasteiger partial charge >= 0.3 is 0 Å². The summed E-state index contributed by atoms with van der Waals surface area (Å²) in [4.78, 5) is 35.4. The van der Waals surface area contributed by atoms with Crippen molar-refractivity contribution in [3.8, 4) is 0 Å². The van der Waals surface area contributed by atoms with Crippen LogP contribution in [0.5, 0.6) is 0 Å². The third-order valence-corrected chi connectivity index (χ3v) is 4.30. The molecular weight excluding hydrogens is 366 g/mol. The van der Waals surface area contributed by atoms with E-state index in [4.69, 9.17) is 26.4 Å². The lowest BCUT2D eigenvalue weighted by Crippen LogP contribution is -2.39. The zero-order valence-corrected chi connectivity index (χ0v) is 15.6. The van der Waals surface area contributed by atoms with E-state index in [1.54, 1.807) is 0 Å². The van der Waals surface area contributed by atoms with Crippen LogP contribution in [0.1, 0.15) is 51.4 Å². The van der Waals surface area contributed by atoms with Gasteiger partial charge in [-0.2, -0.15) is 4.91 Å². The Morgan fingerprint density at radius 1 is 1.15 bits per heavy atom. The number of nitrogens with zero attached hydrogens (tertiary/aromatic N) is 1. The lowest BCUT2D eigenvalue weighted by molar-refractivity contribution is -0.203. The summed E-state index contributed by atoms with van der Waals surface area (Å²) >= 11 is 5.17. The first kappa shape index (κ1) is 22.8. The maximum atomic E-state index is 11.7. The van der Waals surface area contributed by atoms with E-state index >= 15 is 0 Å². The maximum absolute atomic E-state index is 11.7. The molecule has 3 atom stereocenters. The minimum atomic E-state index is -0.592. The van der Waals surface area contributed by atoms with Crippen LogP contribution in [0.4, 0.5) is 0 Å². The van der Waals surface area contributed by atoms with Gasteiger partial charge in [-0.05, 0) is 12.8 Å². The van der Waals surface area contributed by atoms with E-state index in [0.29, 0.717) is 32.2 Å². The van der Waals surface area contributed by atoms with Crippen LogP contribution in [0.15, 0.2) is 5.18 Å². The third-order valence-electron chi connectivity index (χ3n) is 4.09. The molecule has 0 aromatic heterocycles. The fourth-order valence-electron chi connectivity index (χ4n) is 2.70. The highest BCUT2D eigenvalue weighted by Gasteiger charge is 2.30. The predicted octanol–water partition coefficient (Wildman–Crippen LogP) is 1.36. The van der Waals surface area contributed by atoms with E-state index in [9.17, 15) is 14.5 Å². The highest BCUT2D eigenvalue weighted by molar-refractivity contribution is 6.21. The van der Waals surface area contributed by atoms with Crippen molar-refractivity contribution >= 4 is 23.6 Å². The summed E-state index contributed by atoms with van der Waals surface area (Å²) in [5.74, 6) is -0.246. The van der Waals surface area contributed by atoms with E-state index < -0.39 is 18.4 Å². The normalized spacial score (nSPS) is 22.6. The quantitative estimate of drug-likeness (QED) is 0.246. The second-order valence-electron chi connectivity index (χ2n) is 6.25. The number of carbonyl (C=O) groups excluding carboxylic acids is 2. The first-order chi connectivity index (χ1) is 12.6. The molecule has 1 fully saturated rings. The van der Waals surface area contributed by atoms with E-state index in [0.717, 1.165) is 25.7 Å². The van der Waals surface area contributed by atoms with Gasteiger partial charge in [0.15, 0.2) is 6.29 Å². The number of rotatable bonds is 13. The molecular formula is C16H28ClN3O6. The largest absolute Gasteiger partial charge is 0.394 e. The van der Waals surface area contributed by atoms with Crippen LogP contribution < -0.4 is 10.2 Å². The molecule has 150 valence electrons. The topological polar surface area (TPSA) is 126 Å². The molecule has 0 radical (unpaired) electrons. The number of halogens is 1. The molecule has 3 N–H and O–H groups in total. The van der Waals surface area contributed by atoms with Gasteiger partial charge in [0.25, 0.3) is 0 Å². The monoisotopic (exact) mass is 393 g/mol. The van der Waals surface area contributed by atoms with E-state index in [-0.39, 0.29) is 25.0 Å². The van der Waals surface area contributed by atoms with Crippen molar-refractivity contribution in [1.82, 2.24) is 10.2 Å². The summed E-state index contributed by atoms with van der Waals surface area (Å²) in [6.07, 6.45) is 3.79. The molecule has 0 bridgehead atoms. The Labute approximate surface area is 158 Å². The molecule has 0 aliphatic carbocycles. The Morgan fingerprint density at radius 3 is 2.46 bits per heavy atom. The van der Waals surface area contributed by atoms with Gasteiger partial charge in [0.2, 0.25) is 11.8 Å². The number of carbonyl (C=O) groups is 2. The Bertz CT molecular complexity index is 440. The first-order valence-electron chi connectivity index (χ1n) is 8.95. The van der Waals surface area contributed by atoms with Crippen LogP contribution in [-0.2, 0) is 19.1 Å². The van der Waals surface area contributed by atoms with Crippen LogP contribution in [0.25, 0.3) is 0 Å². The Hall–Kier alpha value is -1.29. The van der Waals surface area contributed by atoms with Crippen molar-refractivity contribution in [3.63, 3.8) is 0 Å². The summed E-state index contributed by atoms with van der Waals surface area (Å²) in [6.45, 7) is 0.421. The number of nitrogens with one attached hydrogen (secondary N) is 2. The maximum Gasteiger partial charge on any atom is 0.234 e. The minimum Gasteiger partial charge on any atom is -0.394 e. The number of hydrogen-bond donors (Lipinski definition) is 3. The Morgan fingerprint density at radius 2 is 1.85 bits per heavy atom. The molecule has 3 unspecified atom stereocenters. The summed E-state index contributed by atoms with van der Waals surface area (Å²) in [5, 5.41) is 14.9. The van der Waals surface area contributed by atoms with E-state index in [2.05, 4.69) is 15.3 Å². The molecule has 0 saturated carbocycles. The number of ether oxygens (including phenoxy) is 2. The number of nitroso groups, excluding NO2 is 1. The molecule has 1 rings (SSSR count). The number of aliphatic hydroxyl groups excluding tert-OH is 1. The second kappa shape index (κ2) is 13.9. The standard InChI is InChI=1S/C16H28ClN3O6/c17-19-15(23)6-4-2-1-3-5-14(22)18-7-8-25-16-10-12(20-24)9-13(11-21)26-16/h12-13,16,21H,1-11H2,(H,18,22)(H,19,23). The highest BCUT2D eigenvalue weighted by Crippen LogP contribution is 2.22. The highest BCUT2D eigenvalue weighted by atomic mass is 35.5. The van der Waals surface area contributed by atoms with Crippen LogP contribution in [-0.4, -0.2) is 55.1 Å². The van der Waals surface area contributed by atoms with Crippen molar-refractivity contribution in [2.45, 2.75) is 69.8 Å². The summed E-state index contributed by atoms with van der Waals surface area (Å²) in [7, 11) is 0. The van der Waals surface area contributed by atoms with Gasteiger partial charge in [-0.15, -0.1) is 0 Å². The van der Waals surface area contributed by atoms with Crippen molar-refractivity contribution in [2.24, 2.45) is 5.18 Å². The molecule has 10 heteroatoms. The minimum absolute atomic E-state index is 0.0580. The third kappa shape index (κ3) is 10.0. The average molecular weight is 394 g/mol. The van der Waals surface area contributed by atoms with Crippen molar-refractivity contribution in [2.75, 3.05) is 19.8 Å². The predicted molar refractivity (Wildman–Crippen MR) is 95.2 cm³/mol.